The molecule has 2 fully saturated rings. The molecule has 0 spiro atoms. The van der Waals surface area contributed by atoms with Crippen LogP contribution in [0.15, 0.2) is 0 Å². The second-order valence-corrected chi connectivity index (χ2v) is 5.24. The van der Waals surface area contributed by atoms with Gasteiger partial charge in [0.25, 0.3) is 0 Å². The number of piperidine rings is 1. The van der Waals surface area contributed by atoms with E-state index in [4.69, 9.17) is 4.74 Å². The summed E-state index contributed by atoms with van der Waals surface area (Å²) in [6.45, 7) is 9.00. The van der Waals surface area contributed by atoms with Crippen LogP contribution in [-0.4, -0.2) is 61.3 Å². The second-order valence-electron chi connectivity index (χ2n) is 5.24. The Bertz CT molecular complexity index is 204. The molecule has 0 saturated carbocycles. The summed E-state index contributed by atoms with van der Waals surface area (Å²) in [7, 11) is 2.27. The molecule has 0 aromatic heterocycles. The zero-order valence-electron chi connectivity index (χ0n) is 10.3. The molecule has 0 N–H and O–H groups in total. The van der Waals surface area contributed by atoms with Crippen molar-refractivity contribution in [2.24, 2.45) is 0 Å². The highest BCUT2D eigenvalue weighted by Crippen LogP contribution is 2.20. The molecule has 0 aromatic carbocycles. The summed E-state index contributed by atoms with van der Waals surface area (Å²) in [5.41, 5.74) is 0. The molecule has 0 bridgehead atoms. The topological polar surface area (TPSA) is 15.7 Å². The first-order valence-corrected chi connectivity index (χ1v) is 6.22. The van der Waals surface area contributed by atoms with Gasteiger partial charge in [-0.2, -0.15) is 0 Å². The third kappa shape index (κ3) is 2.52. The lowest BCUT2D eigenvalue weighted by Crippen LogP contribution is -2.56. The Morgan fingerprint density at radius 1 is 1.27 bits per heavy atom. The monoisotopic (exact) mass is 212 g/mol. The molecular formula is C12H24N2O. The number of likely N-dealkylation sites (N-methyl/N-ethyl adjacent to an activating group) is 1. The van der Waals surface area contributed by atoms with Crippen LogP contribution in [0.3, 0.4) is 0 Å². The fraction of sp³-hybridized carbons (Fsp3) is 1.00. The molecule has 88 valence electrons. The van der Waals surface area contributed by atoms with Crippen molar-refractivity contribution in [3.63, 3.8) is 0 Å². The molecule has 2 aliphatic rings. The molecule has 0 amide bonds. The molecule has 15 heavy (non-hydrogen) atoms. The Morgan fingerprint density at radius 3 is 2.53 bits per heavy atom. The van der Waals surface area contributed by atoms with Crippen molar-refractivity contribution >= 4 is 0 Å². The van der Waals surface area contributed by atoms with Gasteiger partial charge in [0.05, 0.1) is 19.3 Å². The first-order valence-electron chi connectivity index (χ1n) is 6.22. The summed E-state index contributed by atoms with van der Waals surface area (Å²) in [4.78, 5) is 5.14. The predicted octanol–water partition coefficient (Wildman–Crippen LogP) is 1.19. The van der Waals surface area contributed by atoms with Crippen LogP contribution in [-0.2, 0) is 4.74 Å². The van der Waals surface area contributed by atoms with E-state index in [0.717, 1.165) is 19.3 Å². The number of nitrogens with zero attached hydrogens (tertiary/aromatic N) is 2. The highest BCUT2D eigenvalue weighted by Gasteiger charge is 2.31. The number of rotatable bonds is 3. The van der Waals surface area contributed by atoms with Crippen LogP contribution >= 0.6 is 0 Å². The van der Waals surface area contributed by atoms with Gasteiger partial charge in [-0.15, -0.1) is 0 Å². The SMILES string of the molecule is CC(C)N1CCC[C@@H](N(C)C2COC2)C1. The van der Waals surface area contributed by atoms with Gasteiger partial charge in [0, 0.05) is 18.6 Å². The molecule has 2 heterocycles. The van der Waals surface area contributed by atoms with Crippen molar-refractivity contribution < 1.29 is 4.74 Å². The van der Waals surface area contributed by atoms with Gasteiger partial charge in [0.15, 0.2) is 0 Å². The molecule has 2 aliphatic heterocycles. The van der Waals surface area contributed by atoms with Crippen LogP contribution in [0.4, 0.5) is 0 Å². The van der Waals surface area contributed by atoms with E-state index >= 15 is 0 Å². The minimum atomic E-state index is 0.683. The molecule has 2 saturated heterocycles. The normalized spacial score (nSPS) is 29.8. The fourth-order valence-electron chi connectivity index (χ4n) is 2.54. The van der Waals surface area contributed by atoms with Crippen molar-refractivity contribution in [1.29, 1.82) is 0 Å². The van der Waals surface area contributed by atoms with Crippen molar-refractivity contribution in [3.05, 3.63) is 0 Å². The smallest absolute Gasteiger partial charge is 0.0645 e. The summed E-state index contributed by atoms with van der Waals surface area (Å²) in [5.74, 6) is 0. The lowest BCUT2D eigenvalue weighted by Gasteiger charge is -2.44. The quantitative estimate of drug-likeness (QED) is 0.699. The average molecular weight is 212 g/mol. The van der Waals surface area contributed by atoms with E-state index in [-0.39, 0.29) is 0 Å². The molecule has 3 nitrogen and oxygen atoms in total. The fourth-order valence-corrected chi connectivity index (χ4v) is 2.54. The van der Waals surface area contributed by atoms with Crippen molar-refractivity contribution in [1.82, 2.24) is 9.80 Å². The maximum absolute atomic E-state index is 5.27. The zero-order valence-corrected chi connectivity index (χ0v) is 10.3. The standard InChI is InChI=1S/C12H24N2O/c1-10(2)14-6-4-5-11(7-14)13(3)12-8-15-9-12/h10-12H,4-9H2,1-3H3/t11-/m1/s1. The molecular weight excluding hydrogens is 188 g/mol. The van der Waals surface area contributed by atoms with Gasteiger partial charge in [-0.1, -0.05) is 0 Å². The van der Waals surface area contributed by atoms with E-state index in [1.807, 2.05) is 0 Å². The molecule has 1 atom stereocenters. The lowest BCUT2D eigenvalue weighted by molar-refractivity contribution is -0.0788. The third-order valence-corrected chi connectivity index (χ3v) is 3.93. The van der Waals surface area contributed by atoms with Crippen LogP contribution in [0.5, 0.6) is 0 Å². The minimum Gasteiger partial charge on any atom is -0.378 e. The summed E-state index contributed by atoms with van der Waals surface area (Å²) in [6.07, 6.45) is 2.71. The van der Waals surface area contributed by atoms with Crippen molar-refractivity contribution in [2.45, 2.75) is 44.8 Å². The Labute approximate surface area is 93.4 Å². The lowest BCUT2D eigenvalue weighted by atomic mass is 10.0. The number of hydrogen-bond acceptors (Lipinski definition) is 3. The Morgan fingerprint density at radius 2 is 2.00 bits per heavy atom. The minimum absolute atomic E-state index is 0.683. The highest BCUT2D eigenvalue weighted by atomic mass is 16.5. The Hall–Kier alpha value is -0.120. The van der Waals surface area contributed by atoms with Crippen molar-refractivity contribution in [2.75, 3.05) is 33.4 Å². The molecule has 0 aromatic rings. The zero-order chi connectivity index (χ0) is 10.8. The van der Waals surface area contributed by atoms with Crippen LogP contribution in [0.1, 0.15) is 26.7 Å². The third-order valence-electron chi connectivity index (χ3n) is 3.93. The van der Waals surface area contributed by atoms with Crippen LogP contribution < -0.4 is 0 Å². The van der Waals surface area contributed by atoms with Gasteiger partial charge in [0.2, 0.25) is 0 Å². The average Bonchev–Trinajstić information content (AvgIpc) is 2.15. The van der Waals surface area contributed by atoms with Crippen molar-refractivity contribution in [3.8, 4) is 0 Å². The molecule has 0 radical (unpaired) electrons. The summed E-state index contributed by atoms with van der Waals surface area (Å²) in [6, 6.07) is 2.12. The van der Waals surface area contributed by atoms with E-state index in [2.05, 4.69) is 30.7 Å². The molecule has 2 rings (SSSR count). The largest absolute Gasteiger partial charge is 0.378 e. The highest BCUT2D eigenvalue weighted by molar-refractivity contribution is 4.86. The first kappa shape index (κ1) is 11.4. The summed E-state index contributed by atoms with van der Waals surface area (Å²) < 4.78 is 5.27. The summed E-state index contributed by atoms with van der Waals surface area (Å²) in [5, 5.41) is 0. The van der Waals surface area contributed by atoms with E-state index in [1.54, 1.807) is 0 Å². The van der Waals surface area contributed by atoms with Gasteiger partial charge in [0.1, 0.15) is 0 Å². The van der Waals surface area contributed by atoms with Gasteiger partial charge in [-0.25, -0.2) is 0 Å². The second kappa shape index (κ2) is 4.81. The Balaban J connectivity index is 1.85. The van der Waals surface area contributed by atoms with Gasteiger partial charge < -0.3 is 4.74 Å². The van der Waals surface area contributed by atoms with Gasteiger partial charge in [-0.3, -0.25) is 9.80 Å². The van der Waals surface area contributed by atoms with E-state index in [9.17, 15) is 0 Å². The maximum atomic E-state index is 5.27. The van der Waals surface area contributed by atoms with Gasteiger partial charge in [-0.05, 0) is 40.3 Å². The number of ether oxygens (including phenoxy) is 1. The van der Waals surface area contributed by atoms with E-state index < -0.39 is 0 Å². The molecule has 0 unspecified atom stereocenters. The number of hydrogen-bond donors (Lipinski definition) is 0. The van der Waals surface area contributed by atoms with Crippen LogP contribution in [0.2, 0.25) is 0 Å². The molecule has 3 heteroatoms. The summed E-state index contributed by atoms with van der Waals surface area (Å²) >= 11 is 0. The van der Waals surface area contributed by atoms with E-state index in [1.165, 1.54) is 25.9 Å². The van der Waals surface area contributed by atoms with Crippen LogP contribution in [0.25, 0.3) is 0 Å². The van der Waals surface area contributed by atoms with E-state index in [0.29, 0.717) is 12.1 Å². The maximum Gasteiger partial charge on any atom is 0.0645 e. The predicted molar refractivity (Wildman–Crippen MR) is 62.1 cm³/mol. The molecule has 0 aliphatic carbocycles. The number of likely N-dealkylation sites (tertiary alicyclic amines) is 1. The van der Waals surface area contributed by atoms with Crippen LogP contribution in [0, 0.1) is 0 Å². The Kier molecular flexibility index (Phi) is 3.65. The first-order chi connectivity index (χ1) is 7.18. The van der Waals surface area contributed by atoms with Gasteiger partial charge >= 0.3 is 0 Å².